The third-order valence-corrected chi connectivity index (χ3v) is 1.20. The van der Waals surface area contributed by atoms with E-state index in [0.29, 0.717) is 0 Å². The number of allylic oxidation sites excluding steroid dienone is 1. The van der Waals surface area contributed by atoms with Crippen LogP contribution in [-0.4, -0.2) is 51.4 Å². The predicted molar refractivity (Wildman–Crippen MR) is 34.7 cm³/mol. The Kier molecular flexibility index (Phi) is 5.11. The van der Waals surface area contributed by atoms with Crippen LogP contribution in [-0.2, 0) is 0 Å². The molecule has 0 aromatic carbocycles. The molecule has 0 bridgehead atoms. The molecule has 1 aliphatic carbocycles. The van der Waals surface area contributed by atoms with Gasteiger partial charge in [-0.15, -0.1) is 6.58 Å². The second-order valence-corrected chi connectivity index (χ2v) is 1.97. The van der Waals surface area contributed by atoms with Crippen molar-refractivity contribution in [2.75, 3.05) is 0 Å². The normalized spacial score (nSPS) is 17.7. The van der Waals surface area contributed by atoms with Gasteiger partial charge in [-0.2, -0.15) is 0 Å². The van der Waals surface area contributed by atoms with Gasteiger partial charge in [-0.3, -0.25) is 0 Å². The van der Waals surface area contributed by atoms with Crippen LogP contribution in [0.15, 0.2) is 12.7 Å². The van der Waals surface area contributed by atoms with Crippen molar-refractivity contribution in [3.05, 3.63) is 12.7 Å². The molecule has 7 heavy (non-hydrogen) atoms. The summed E-state index contributed by atoms with van der Waals surface area (Å²) in [6.45, 7) is 3.64. The summed E-state index contributed by atoms with van der Waals surface area (Å²) in [5.74, 6) is 1.03. The summed E-state index contributed by atoms with van der Waals surface area (Å²) < 4.78 is 0. The fourth-order valence-electron chi connectivity index (χ4n) is 0.589. The van der Waals surface area contributed by atoms with E-state index < -0.39 is 0 Å². The molecule has 0 aromatic heterocycles. The third kappa shape index (κ3) is 3.92. The fraction of sp³-hybridized carbons (Fsp3) is 0.667. The van der Waals surface area contributed by atoms with E-state index in [1.54, 1.807) is 0 Å². The van der Waals surface area contributed by atoms with Gasteiger partial charge in [0.25, 0.3) is 0 Å². The second-order valence-electron chi connectivity index (χ2n) is 1.97. The van der Waals surface area contributed by atoms with Crippen molar-refractivity contribution in [2.45, 2.75) is 19.3 Å². The average molecular weight is 122 g/mol. The summed E-state index contributed by atoms with van der Waals surface area (Å²) in [5, 5.41) is 0. The first kappa shape index (κ1) is 8.38. The summed E-state index contributed by atoms with van der Waals surface area (Å²) in [7, 11) is 0. The Labute approximate surface area is 87.8 Å². The molecule has 0 N–H and O–H groups in total. The summed E-state index contributed by atoms with van der Waals surface area (Å²) in [4.78, 5) is 0. The van der Waals surface area contributed by atoms with Crippen LogP contribution in [0.3, 0.4) is 0 Å². The van der Waals surface area contributed by atoms with E-state index >= 15 is 0 Å². The second kappa shape index (κ2) is 4.27. The third-order valence-electron chi connectivity index (χ3n) is 1.20. The Morgan fingerprint density at radius 1 is 1.57 bits per heavy atom. The Morgan fingerprint density at radius 3 is 2.29 bits per heavy atom. The molecule has 0 radical (unpaired) electrons. The van der Waals surface area contributed by atoms with Crippen molar-refractivity contribution >= 4 is 51.4 Å². The van der Waals surface area contributed by atoms with Gasteiger partial charge in [-0.25, -0.2) is 0 Å². The van der Waals surface area contributed by atoms with Crippen molar-refractivity contribution < 1.29 is 0 Å². The van der Waals surface area contributed by atoms with Gasteiger partial charge in [0.15, 0.2) is 0 Å². The Bertz CT molecular complexity index is 55.2. The van der Waals surface area contributed by atoms with E-state index in [4.69, 9.17) is 0 Å². The Hall–Kier alpha value is 1.38. The van der Waals surface area contributed by atoms with Crippen LogP contribution in [0.1, 0.15) is 19.3 Å². The van der Waals surface area contributed by atoms with Crippen LogP contribution < -0.4 is 0 Å². The zero-order chi connectivity index (χ0) is 4.41. The van der Waals surface area contributed by atoms with Gasteiger partial charge < -0.3 is 0 Å². The molecule has 1 saturated carbocycles. The molecule has 0 spiro atoms. The molecule has 0 unspecified atom stereocenters. The molecule has 0 aliphatic heterocycles. The summed E-state index contributed by atoms with van der Waals surface area (Å²) in [6.07, 6.45) is 6.16. The van der Waals surface area contributed by atoms with Crippen LogP contribution >= 0.6 is 0 Å². The Balaban J connectivity index is 0.000000360. The summed E-state index contributed by atoms with van der Waals surface area (Å²) >= 11 is 0. The van der Waals surface area contributed by atoms with Gasteiger partial charge in [-0.05, 0) is 25.2 Å². The first-order valence-electron chi connectivity index (χ1n) is 2.54. The SMILES string of the molecule is C=CCC1CC1.[KH]. The van der Waals surface area contributed by atoms with E-state index in [9.17, 15) is 0 Å². The molecule has 0 saturated heterocycles. The first-order valence-corrected chi connectivity index (χ1v) is 2.54. The summed E-state index contributed by atoms with van der Waals surface area (Å²) in [5.41, 5.74) is 0. The molecule has 0 aromatic rings. The van der Waals surface area contributed by atoms with Crippen LogP contribution in [0.5, 0.6) is 0 Å². The fourth-order valence-corrected chi connectivity index (χ4v) is 0.589. The molecule has 1 rings (SSSR count). The van der Waals surface area contributed by atoms with Crippen LogP contribution in [0, 0.1) is 5.92 Å². The van der Waals surface area contributed by atoms with E-state index in [1.807, 2.05) is 6.08 Å². The van der Waals surface area contributed by atoms with E-state index in [-0.39, 0.29) is 51.4 Å². The standard InChI is InChI=1S/C6H10.K.H/c1-2-3-6-4-5-6;;/h2,6H,1,3-5H2;;. The number of hydrogen-bond acceptors (Lipinski definition) is 0. The van der Waals surface area contributed by atoms with Crippen LogP contribution in [0.4, 0.5) is 0 Å². The van der Waals surface area contributed by atoms with E-state index in [0.717, 1.165) is 5.92 Å². The topological polar surface area (TPSA) is 0 Å². The van der Waals surface area contributed by atoms with Crippen molar-refractivity contribution in [3.63, 3.8) is 0 Å². The maximum atomic E-state index is 3.64. The van der Waals surface area contributed by atoms with E-state index in [2.05, 4.69) is 6.58 Å². The molecule has 0 nitrogen and oxygen atoms in total. The molecule has 36 valence electrons. The zero-order valence-electron chi connectivity index (χ0n) is 3.98. The molecule has 1 heteroatoms. The maximum absolute atomic E-state index is 3.64. The van der Waals surface area contributed by atoms with Gasteiger partial charge in [0.2, 0.25) is 0 Å². The minimum absolute atomic E-state index is 0. The molecule has 0 atom stereocenters. The molecular weight excluding hydrogens is 111 g/mol. The van der Waals surface area contributed by atoms with Crippen LogP contribution in [0.2, 0.25) is 0 Å². The Morgan fingerprint density at radius 2 is 2.14 bits per heavy atom. The quantitative estimate of drug-likeness (QED) is 0.383. The average Bonchev–Trinajstić information content (AvgIpc) is 2.21. The molecule has 0 amide bonds. The van der Waals surface area contributed by atoms with Gasteiger partial charge in [0.1, 0.15) is 0 Å². The van der Waals surface area contributed by atoms with Crippen LogP contribution in [0.25, 0.3) is 0 Å². The zero-order valence-corrected chi connectivity index (χ0v) is 3.98. The monoisotopic (exact) mass is 122 g/mol. The van der Waals surface area contributed by atoms with Crippen molar-refractivity contribution in [1.82, 2.24) is 0 Å². The predicted octanol–water partition coefficient (Wildman–Crippen LogP) is 1.32. The molecular formula is C6H11K. The minimum atomic E-state index is 0. The molecule has 1 fully saturated rings. The van der Waals surface area contributed by atoms with Gasteiger partial charge >= 0.3 is 51.4 Å². The molecule has 0 heterocycles. The number of rotatable bonds is 2. The number of hydrogen-bond donors (Lipinski definition) is 0. The van der Waals surface area contributed by atoms with E-state index in [1.165, 1.54) is 19.3 Å². The first-order chi connectivity index (χ1) is 2.93. The van der Waals surface area contributed by atoms with Gasteiger partial charge in [0, 0.05) is 0 Å². The van der Waals surface area contributed by atoms with Crippen molar-refractivity contribution in [2.24, 2.45) is 5.92 Å². The molecule has 1 aliphatic rings. The van der Waals surface area contributed by atoms with Crippen molar-refractivity contribution in [3.8, 4) is 0 Å². The van der Waals surface area contributed by atoms with Gasteiger partial charge in [-0.1, -0.05) is 6.08 Å². The van der Waals surface area contributed by atoms with Crippen molar-refractivity contribution in [1.29, 1.82) is 0 Å². The van der Waals surface area contributed by atoms with Gasteiger partial charge in [0.05, 0.1) is 0 Å². The summed E-state index contributed by atoms with van der Waals surface area (Å²) in [6, 6.07) is 0.